The summed E-state index contributed by atoms with van der Waals surface area (Å²) in [7, 11) is 0. The first kappa shape index (κ1) is 9.02. The first-order valence-electron chi connectivity index (χ1n) is 4.60. The smallest absolute Gasteiger partial charge is 0.137 e. The van der Waals surface area contributed by atoms with Crippen molar-refractivity contribution in [2.24, 2.45) is 0 Å². The molecule has 5 heteroatoms. The quantitative estimate of drug-likeness (QED) is 0.737. The van der Waals surface area contributed by atoms with E-state index in [1.54, 1.807) is 6.33 Å². The van der Waals surface area contributed by atoms with E-state index >= 15 is 0 Å². The lowest BCUT2D eigenvalue weighted by Crippen LogP contribution is -2.30. The van der Waals surface area contributed by atoms with Crippen molar-refractivity contribution in [3.8, 4) is 0 Å². The highest BCUT2D eigenvalue weighted by Gasteiger charge is 2.13. The Balaban J connectivity index is 1.63. The Morgan fingerprint density at radius 2 is 2.69 bits per heavy atom. The zero-order valence-corrected chi connectivity index (χ0v) is 8.31. The molecule has 1 aliphatic heterocycles. The summed E-state index contributed by atoms with van der Waals surface area (Å²) < 4.78 is 0. The number of rotatable bonds is 4. The van der Waals surface area contributed by atoms with E-state index in [2.05, 4.69) is 20.5 Å². The minimum atomic E-state index is 0.716. The van der Waals surface area contributed by atoms with E-state index < -0.39 is 0 Å². The molecule has 0 aliphatic carbocycles. The lowest BCUT2D eigenvalue weighted by atomic mass is 10.2. The normalized spacial score (nSPS) is 22.3. The highest BCUT2D eigenvalue weighted by Crippen LogP contribution is 2.16. The van der Waals surface area contributed by atoms with Crippen LogP contribution in [0.4, 0.5) is 0 Å². The van der Waals surface area contributed by atoms with Gasteiger partial charge in [-0.05, 0) is 12.2 Å². The molecule has 0 saturated carbocycles. The largest absolute Gasteiger partial charge is 0.313 e. The van der Waals surface area contributed by atoms with Crippen LogP contribution in [-0.2, 0) is 6.42 Å². The monoisotopic (exact) mass is 198 g/mol. The number of nitrogens with one attached hydrogen (secondary N) is 2. The summed E-state index contributed by atoms with van der Waals surface area (Å²) in [6.07, 6.45) is 3.81. The molecule has 1 atom stereocenters. The average Bonchev–Trinajstić information content (AvgIpc) is 2.75. The number of hydrogen-bond acceptors (Lipinski definition) is 4. The average molecular weight is 198 g/mol. The SMILES string of the molecule is c1n[nH]c(CCNC2CCSC2)n1. The Hall–Kier alpha value is -0.550. The second kappa shape index (κ2) is 4.62. The van der Waals surface area contributed by atoms with Crippen molar-refractivity contribution in [3.63, 3.8) is 0 Å². The van der Waals surface area contributed by atoms with Gasteiger partial charge >= 0.3 is 0 Å². The van der Waals surface area contributed by atoms with Crippen LogP contribution in [0, 0.1) is 0 Å². The van der Waals surface area contributed by atoms with Crippen LogP contribution >= 0.6 is 11.8 Å². The Morgan fingerprint density at radius 1 is 1.69 bits per heavy atom. The van der Waals surface area contributed by atoms with Gasteiger partial charge in [0.05, 0.1) is 0 Å². The molecular weight excluding hydrogens is 184 g/mol. The predicted molar refractivity (Wildman–Crippen MR) is 53.8 cm³/mol. The molecule has 1 aromatic rings. The van der Waals surface area contributed by atoms with Crippen LogP contribution in [0.15, 0.2) is 6.33 Å². The maximum atomic E-state index is 4.07. The molecule has 1 fully saturated rings. The Morgan fingerprint density at radius 3 is 3.38 bits per heavy atom. The first-order valence-corrected chi connectivity index (χ1v) is 5.76. The summed E-state index contributed by atoms with van der Waals surface area (Å²) >= 11 is 2.03. The van der Waals surface area contributed by atoms with Gasteiger partial charge in [-0.1, -0.05) is 0 Å². The maximum Gasteiger partial charge on any atom is 0.137 e. The zero-order valence-electron chi connectivity index (χ0n) is 7.49. The molecule has 72 valence electrons. The minimum Gasteiger partial charge on any atom is -0.313 e. The fourth-order valence-electron chi connectivity index (χ4n) is 1.44. The molecule has 2 N–H and O–H groups in total. The van der Waals surface area contributed by atoms with Crippen LogP contribution in [0.25, 0.3) is 0 Å². The fraction of sp³-hybridized carbons (Fsp3) is 0.750. The molecule has 0 spiro atoms. The fourth-order valence-corrected chi connectivity index (χ4v) is 2.63. The first-order chi connectivity index (χ1) is 6.45. The van der Waals surface area contributed by atoms with Gasteiger partial charge in [0.1, 0.15) is 12.2 Å². The second-order valence-electron chi connectivity index (χ2n) is 3.20. The van der Waals surface area contributed by atoms with Gasteiger partial charge in [0.2, 0.25) is 0 Å². The van der Waals surface area contributed by atoms with Crippen molar-refractivity contribution in [3.05, 3.63) is 12.2 Å². The van der Waals surface area contributed by atoms with Gasteiger partial charge in [-0.25, -0.2) is 4.98 Å². The van der Waals surface area contributed by atoms with Crippen molar-refractivity contribution in [2.45, 2.75) is 18.9 Å². The van der Waals surface area contributed by atoms with E-state index in [0.29, 0.717) is 6.04 Å². The molecule has 1 unspecified atom stereocenters. The molecule has 13 heavy (non-hydrogen) atoms. The lowest BCUT2D eigenvalue weighted by Gasteiger charge is -2.09. The standard InChI is InChI=1S/C8H14N4S/c1(8-10-6-11-12-8)3-9-7-2-4-13-5-7/h6-7,9H,1-5H2,(H,10,11,12). The Kier molecular flexibility index (Phi) is 3.21. The highest BCUT2D eigenvalue weighted by molar-refractivity contribution is 7.99. The summed E-state index contributed by atoms with van der Waals surface area (Å²) in [4.78, 5) is 4.07. The third-order valence-electron chi connectivity index (χ3n) is 2.19. The van der Waals surface area contributed by atoms with Gasteiger partial charge in [-0.3, -0.25) is 5.10 Å². The van der Waals surface area contributed by atoms with E-state index in [0.717, 1.165) is 18.8 Å². The molecule has 4 nitrogen and oxygen atoms in total. The van der Waals surface area contributed by atoms with Crippen LogP contribution in [0.5, 0.6) is 0 Å². The molecule has 0 amide bonds. The molecule has 0 radical (unpaired) electrons. The van der Waals surface area contributed by atoms with Gasteiger partial charge in [-0.2, -0.15) is 16.9 Å². The molecule has 2 rings (SSSR count). The van der Waals surface area contributed by atoms with E-state index in [-0.39, 0.29) is 0 Å². The Labute approximate surface area is 81.9 Å². The number of aromatic nitrogens is 3. The number of hydrogen-bond donors (Lipinski definition) is 2. The van der Waals surface area contributed by atoms with Gasteiger partial charge < -0.3 is 5.32 Å². The van der Waals surface area contributed by atoms with Gasteiger partial charge in [0.25, 0.3) is 0 Å². The molecule has 0 aromatic carbocycles. The highest BCUT2D eigenvalue weighted by atomic mass is 32.2. The van der Waals surface area contributed by atoms with Crippen molar-refractivity contribution < 1.29 is 0 Å². The number of H-pyrrole nitrogens is 1. The van der Waals surface area contributed by atoms with Gasteiger partial charge in [0.15, 0.2) is 0 Å². The van der Waals surface area contributed by atoms with Crippen molar-refractivity contribution in [1.82, 2.24) is 20.5 Å². The van der Waals surface area contributed by atoms with Crippen molar-refractivity contribution >= 4 is 11.8 Å². The van der Waals surface area contributed by atoms with Crippen LogP contribution in [0.2, 0.25) is 0 Å². The van der Waals surface area contributed by atoms with Gasteiger partial charge in [-0.15, -0.1) is 0 Å². The minimum absolute atomic E-state index is 0.716. The van der Waals surface area contributed by atoms with E-state index in [1.165, 1.54) is 17.9 Å². The van der Waals surface area contributed by atoms with Crippen molar-refractivity contribution in [1.29, 1.82) is 0 Å². The summed E-state index contributed by atoms with van der Waals surface area (Å²) in [5.41, 5.74) is 0. The molecule has 1 saturated heterocycles. The Bertz CT molecular complexity index is 230. The van der Waals surface area contributed by atoms with E-state index in [1.807, 2.05) is 11.8 Å². The van der Waals surface area contributed by atoms with Crippen LogP contribution in [0.1, 0.15) is 12.2 Å². The molecule has 2 heterocycles. The van der Waals surface area contributed by atoms with Crippen LogP contribution in [-0.4, -0.2) is 39.3 Å². The predicted octanol–water partition coefficient (Wildman–Crippen LogP) is 0.442. The summed E-state index contributed by atoms with van der Waals surface area (Å²) in [6.45, 7) is 1.00. The number of nitrogens with zero attached hydrogens (tertiary/aromatic N) is 2. The molecule has 1 aromatic heterocycles. The third-order valence-corrected chi connectivity index (χ3v) is 3.35. The molecular formula is C8H14N4S. The topological polar surface area (TPSA) is 53.6 Å². The van der Waals surface area contributed by atoms with Gasteiger partial charge in [0, 0.05) is 24.8 Å². The van der Waals surface area contributed by atoms with Crippen molar-refractivity contribution in [2.75, 3.05) is 18.1 Å². The molecule has 0 bridgehead atoms. The van der Waals surface area contributed by atoms with Crippen LogP contribution < -0.4 is 5.32 Å². The summed E-state index contributed by atoms with van der Waals surface area (Å²) in [6, 6.07) is 0.716. The third kappa shape index (κ3) is 2.70. The molecule has 1 aliphatic rings. The van der Waals surface area contributed by atoms with Crippen LogP contribution in [0.3, 0.4) is 0 Å². The van der Waals surface area contributed by atoms with E-state index in [4.69, 9.17) is 0 Å². The lowest BCUT2D eigenvalue weighted by molar-refractivity contribution is 0.555. The summed E-state index contributed by atoms with van der Waals surface area (Å²) in [5, 5.41) is 10.2. The zero-order chi connectivity index (χ0) is 8.93. The number of thioether (sulfide) groups is 1. The summed E-state index contributed by atoms with van der Waals surface area (Å²) in [5.74, 6) is 3.54. The van der Waals surface area contributed by atoms with E-state index in [9.17, 15) is 0 Å². The number of aromatic amines is 1. The maximum absolute atomic E-state index is 4.07. The second-order valence-corrected chi connectivity index (χ2v) is 4.35.